The molecule has 1 aromatic rings. The van der Waals surface area contributed by atoms with E-state index in [4.69, 9.17) is 0 Å². The van der Waals surface area contributed by atoms with Crippen LogP contribution in [-0.2, 0) is 0 Å². The molecular weight excluding hydrogens is 263 g/mol. The number of nitrogens with zero attached hydrogens (tertiary/aromatic N) is 1. The summed E-state index contributed by atoms with van der Waals surface area (Å²) in [4.78, 5) is 14.9. The fourth-order valence-electron chi connectivity index (χ4n) is 2.52. The number of hydrogen-bond acceptors (Lipinski definition) is 3. The monoisotopic (exact) mass is 282 g/mol. The molecule has 1 aliphatic heterocycles. The Morgan fingerprint density at radius 1 is 1.47 bits per heavy atom. The van der Waals surface area contributed by atoms with Gasteiger partial charge >= 0.3 is 0 Å². The molecule has 1 saturated heterocycles. The lowest BCUT2D eigenvalue weighted by Gasteiger charge is -2.34. The number of amides is 1. The first-order valence-corrected chi connectivity index (χ1v) is 7.08. The molecule has 1 fully saturated rings. The molecule has 3 nitrogen and oxygen atoms in total. The molecule has 0 aromatic heterocycles. The van der Waals surface area contributed by atoms with Crippen molar-refractivity contribution in [2.24, 2.45) is 0 Å². The number of carbonyl (C=O) groups is 1. The summed E-state index contributed by atoms with van der Waals surface area (Å²) in [5.74, 6) is -0.710. The molecule has 1 amide bonds. The van der Waals surface area contributed by atoms with Crippen LogP contribution in [0.5, 0.6) is 0 Å². The van der Waals surface area contributed by atoms with Crippen LogP contribution < -0.4 is 5.32 Å². The Hall–Kier alpha value is -1.07. The van der Waals surface area contributed by atoms with Crippen LogP contribution in [0.15, 0.2) is 23.1 Å². The van der Waals surface area contributed by atoms with Crippen molar-refractivity contribution in [1.82, 2.24) is 10.2 Å². The molecule has 0 unspecified atom stereocenters. The van der Waals surface area contributed by atoms with E-state index in [1.807, 2.05) is 6.92 Å². The number of piperidine rings is 1. The van der Waals surface area contributed by atoms with E-state index < -0.39 is 5.82 Å². The van der Waals surface area contributed by atoms with Gasteiger partial charge in [-0.15, -0.1) is 12.6 Å². The molecule has 0 spiro atoms. The summed E-state index contributed by atoms with van der Waals surface area (Å²) in [6.07, 6.45) is 1.84. The minimum atomic E-state index is -0.477. The van der Waals surface area contributed by atoms with Gasteiger partial charge in [-0.1, -0.05) is 0 Å². The van der Waals surface area contributed by atoms with Gasteiger partial charge in [-0.2, -0.15) is 0 Å². The van der Waals surface area contributed by atoms with Gasteiger partial charge in [-0.05, 0) is 51.1 Å². The van der Waals surface area contributed by atoms with Gasteiger partial charge in [0.2, 0.25) is 0 Å². The molecule has 19 heavy (non-hydrogen) atoms. The highest BCUT2D eigenvalue weighted by Gasteiger charge is 2.26. The lowest BCUT2D eigenvalue weighted by molar-refractivity contribution is 0.0651. The normalized spacial score (nSPS) is 16.4. The number of benzene rings is 1. The van der Waals surface area contributed by atoms with Gasteiger partial charge in [0.25, 0.3) is 5.91 Å². The topological polar surface area (TPSA) is 32.3 Å². The van der Waals surface area contributed by atoms with Crippen LogP contribution in [0.1, 0.15) is 30.1 Å². The average Bonchev–Trinajstić information content (AvgIpc) is 2.43. The van der Waals surface area contributed by atoms with Gasteiger partial charge in [-0.25, -0.2) is 4.39 Å². The largest absolute Gasteiger partial charge is 0.336 e. The third-order valence-corrected chi connectivity index (χ3v) is 3.81. The van der Waals surface area contributed by atoms with E-state index in [1.54, 1.807) is 11.0 Å². The van der Waals surface area contributed by atoms with Crippen LogP contribution in [-0.4, -0.2) is 36.5 Å². The van der Waals surface area contributed by atoms with Crippen molar-refractivity contribution >= 4 is 18.5 Å². The Balaban J connectivity index is 2.22. The number of thiol groups is 1. The minimum Gasteiger partial charge on any atom is -0.336 e. The third-order valence-electron chi connectivity index (χ3n) is 3.53. The van der Waals surface area contributed by atoms with E-state index in [-0.39, 0.29) is 17.5 Å². The highest BCUT2D eigenvalue weighted by molar-refractivity contribution is 7.80. The van der Waals surface area contributed by atoms with Crippen molar-refractivity contribution in [3.63, 3.8) is 0 Å². The SMILES string of the molecule is CCN(C(=O)c1cc(S)ccc1F)C1CCNCC1. The molecule has 0 radical (unpaired) electrons. The first kappa shape index (κ1) is 14.3. The third kappa shape index (κ3) is 3.28. The standard InChI is InChI=1S/C14H19FN2OS/c1-2-17(10-5-7-16-8-6-10)14(18)12-9-11(19)3-4-13(12)15/h3-4,9-10,16,19H,2,5-8H2,1H3. The lowest BCUT2D eigenvalue weighted by atomic mass is 10.0. The summed E-state index contributed by atoms with van der Waals surface area (Å²) < 4.78 is 13.8. The lowest BCUT2D eigenvalue weighted by Crippen LogP contribution is -2.46. The zero-order chi connectivity index (χ0) is 13.8. The number of rotatable bonds is 3. The molecule has 2 rings (SSSR count). The van der Waals surface area contributed by atoms with Gasteiger partial charge < -0.3 is 10.2 Å². The Bertz CT molecular complexity index is 461. The maximum absolute atomic E-state index is 13.8. The van der Waals surface area contributed by atoms with Crippen molar-refractivity contribution in [3.05, 3.63) is 29.6 Å². The maximum Gasteiger partial charge on any atom is 0.257 e. The predicted octanol–water partition coefficient (Wildman–Crippen LogP) is 2.33. The second kappa shape index (κ2) is 6.39. The molecule has 0 atom stereocenters. The number of hydrogen-bond donors (Lipinski definition) is 2. The van der Waals surface area contributed by atoms with Gasteiger partial charge in [0.15, 0.2) is 0 Å². The minimum absolute atomic E-state index is 0.118. The quantitative estimate of drug-likeness (QED) is 0.834. The zero-order valence-corrected chi connectivity index (χ0v) is 11.9. The van der Waals surface area contributed by atoms with E-state index in [0.29, 0.717) is 11.4 Å². The van der Waals surface area contributed by atoms with E-state index in [1.165, 1.54) is 12.1 Å². The van der Waals surface area contributed by atoms with Gasteiger partial charge in [0.1, 0.15) is 5.82 Å². The molecule has 1 heterocycles. The van der Waals surface area contributed by atoms with Crippen LogP contribution in [0.4, 0.5) is 4.39 Å². The molecule has 1 aliphatic rings. The highest BCUT2D eigenvalue weighted by Crippen LogP contribution is 2.19. The van der Waals surface area contributed by atoms with Crippen LogP contribution in [0.2, 0.25) is 0 Å². The summed E-state index contributed by atoms with van der Waals surface area (Å²) in [6, 6.07) is 4.55. The van der Waals surface area contributed by atoms with E-state index >= 15 is 0 Å². The number of halogens is 1. The van der Waals surface area contributed by atoms with Crippen LogP contribution >= 0.6 is 12.6 Å². The van der Waals surface area contributed by atoms with Crippen molar-refractivity contribution in [3.8, 4) is 0 Å². The summed E-state index contributed by atoms with van der Waals surface area (Å²) in [5, 5.41) is 3.27. The highest BCUT2D eigenvalue weighted by atomic mass is 32.1. The maximum atomic E-state index is 13.8. The Labute approximate surface area is 118 Å². The molecular formula is C14H19FN2OS. The van der Waals surface area contributed by atoms with Gasteiger partial charge in [-0.3, -0.25) is 4.79 Å². The predicted molar refractivity (Wildman–Crippen MR) is 76.3 cm³/mol. The summed E-state index contributed by atoms with van der Waals surface area (Å²) in [7, 11) is 0. The smallest absolute Gasteiger partial charge is 0.257 e. The molecule has 104 valence electrons. The van der Waals surface area contributed by atoms with E-state index in [2.05, 4.69) is 17.9 Å². The molecule has 0 saturated carbocycles. The summed E-state index contributed by atoms with van der Waals surface area (Å²) in [6.45, 7) is 4.34. The molecule has 5 heteroatoms. The van der Waals surface area contributed by atoms with Crippen molar-refractivity contribution in [2.75, 3.05) is 19.6 Å². The first-order chi connectivity index (χ1) is 9.13. The van der Waals surface area contributed by atoms with Gasteiger partial charge in [0.05, 0.1) is 5.56 Å². The Morgan fingerprint density at radius 3 is 2.79 bits per heavy atom. The Morgan fingerprint density at radius 2 is 2.16 bits per heavy atom. The summed E-state index contributed by atoms with van der Waals surface area (Å²) >= 11 is 4.17. The van der Waals surface area contributed by atoms with Crippen LogP contribution in [0, 0.1) is 5.82 Å². The van der Waals surface area contributed by atoms with E-state index in [0.717, 1.165) is 25.9 Å². The Kier molecular flexibility index (Phi) is 4.82. The van der Waals surface area contributed by atoms with E-state index in [9.17, 15) is 9.18 Å². The molecule has 1 N–H and O–H groups in total. The molecule has 0 bridgehead atoms. The zero-order valence-electron chi connectivity index (χ0n) is 11.0. The second-order valence-corrected chi connectivity index (χ2v) is 5.25. The fourth-order valence-corrected chi connectivity index (χ4v) is 2.72. The van der Waals surface area contributed by atoms with Crippen LogP contribution in [0.25, 0.3) is 0 Å². The van der Waals surface area contributed by atoms with Gasteiger partial charge in [0, 0.05) is 17.5 Å². The second-order valence-electron chi connectivity index (χ2n) is 4.74. The number of carbonyl (C=O) groups excluding carboxylic acids is 1. The van der Waals surface area contributed by atoms with Crippen LogP contribution in [0.3, 0.4) is 0 Å². The van der Waals surface area contributed by atoms with Crippen molar-refractivity contribution in [1.29, 1.82) is 0 Å². The van der Waals surface area contributed by atoms with Crippen molar-refractivity contribution in [2.45, 2.75) is 30.7 Å². The van der Waals surface area contributed by atoms with Crippen molar-refractivity contribution < 1.29 is 9.18 Å². The average molecular weight is 282 g/mol. The summed E-state index contributed by atoms with van der Waals surface area (Å²) in [5.41, 5.74) is 0.118. The first-order valence-electron chi connectivity index (χ1n) is 6.63. The molecule has 0 aliphatic carbocycles. The molecule has 1 aromatic carbocycles. The fraction of sp³-hybridized carbons (Fsp3) is 0.500. The number of nitrogens with one attached hydrogen (secondary N) is 1.